The van der Waals surface area contributed by atoms with Crippen molar-refractivity contribution in [3.63, 3.8) is 0 Å². The maximum atomic E-state index is 12.2. The van der Waals surface area contributed by atoms with Crippen LogP contribution < -0.4 is 10.6 Å². The summed E-state index contributed by atoms with van der Waals surface area (Å²) >= 11 is 0. The zero-order valence-electron chi connectivity index (χ0n) is 15.7. The Balaban J connectivity index is 1.90. The molecule has 0 fully saturated rings. The first-order chi connectivity index (χ1) is 13.0. The fourth-order valence-corrected chi connectivity index (χ4v) is 2.74. The molecule has 146 valence electrons. The minimum atomic E-state index is -0.479. The number of anilines is 1. The van der Waals surface area contributed by atoms with Crippen molar-refractivity contribution in [3.05, 3.63) is 41.6 Å². The van der Waals surface area contributed by atoms with E-state index in [4.69, 9.17) is 5.11 Å². The number of benzene rings is 1. The van der Waals surface area contributed by atoms with Crippen LogP contribution in [0.2, 0.25) is 0 Å². The summed E-state index contributed by atoms with van der Waals surface area (Å²) in [5, 5.41) is 14.7. The zero-order chi connectivity index (χ0) is 19.8. The summed E-state index contributed by atoms with van der Waals surface area (Å²) in [4.78, 5) is 39.2. The van der Waals surface area contributed by atoms with Gasteiger partial charge in [0.05, 0.1) is 13.2 Å². The number of imide groups is 1. The fourth-order valence-electron chi connectivity index (χ4n) is 2.74. The topological polar surface area (TPSA) is 102 Å². The summed E-state index contributed by atoms with van der Waals surface area (Å²) in [5.74, 6) is -1.10. The van der Waals surface area contributed by atoms with Gasteiger partial charge in [0.2, 0.25) is 0 Å². The lowest BCUT2D eigenvalue weighted by atomic mass is 10.2. The summed E-state index contributed by atoms with van der Waals surface area (Å²) in [7, 11) is 0. The van der Waals surface area contributed by atoms with Crippen molar-refractivity contribution >= 4 is 23.4 Å². The first-order valence-electron chi connectivity index (χ1n) is 9.06. The zero-order valence-corrected chi connectivity index (χ0v) is 15.7. The van der Waals surface area contributed by atoms with Crippen molar-refractivity contribution in [2.45, 2.75) is 13.8 Å². The summed E-state index contributed by atoms with van der Waals surface area (Å²) in [6, 6.07) is 6.66. The molecule has 1 aliphatic rings. The maximum absolute atomic E-state index is 12.2. The van der Waals surface area contributed by atoms with Gasteiger partial charge in [-0.1, -0.05) is 13.8 Å². The Morgan fingerprint density at radius 3 is 2.41 bits per heavy atom. The molecule has 0 saturated carbocycles. The van der Waals surface area contributed by atoms with Crippen LogP contribution in [0.3, 0.4) is 0 Å². The van der Waals surface area contributed by atoms with E-state index in [0.717, 1.165) is 24.5 Å². The number of carbonyl (C=O) groups is 3. The number of carbonyl (C=O) groups excluding carboxylic acids is 3. The van der Waals surface area contributed by atoms with E-state index in [9.17, 15) is 14.4 Å². The second-order valence-electron chi connectivity index (χ2n) is 6.06. The van der Waals surface area contributed by atoms with E-state index < -0.39 is 11.8 Å². The minimum Gasteiger partial charge on any atom is -0.395 e. The maximum Gasteiger partial charge on any atom is 0.277 e. The Bertz CT molecular complexity index is 711. The van der Waals surface area contributed by atoms with Gasteiger partial charge in [-0.05, 0) is 37.4 Å². The van der Waals surface area contributed by atoms with Gasteiger partial charge < -0.3 is 20.6 Å². The van der Waals surface area contributed by atoms with Crippen LogP contribution in [0.4, 0.5) is 5.69 Å². The van der Waals surface area contributed by atoms with Gasteiger partial charge in [-0.25, -0.2) is 0 Å². The van der Waals surface area contributed by atoms with Crippen LogP contribution in [-0.2, 0) is 9.59 Å². The van der Waals surface area contributed by atoms with E-state index in [1.54, 1.807) is 24.3 Å². The average Bonchev–Trinajstić information content (AvgIpc) is 2.93. The van der Waals surface area contributed by atoms with Crippen molar-refractivity contribution in [3.8, 4) is 0 Å². The van der Waals surface area contributed by atoms with Crippen molar-refractivity contribution in [2.75, 3.05) is 44.6 Å². The molecule has 0 radical (unpaired) electrons. The molecule has 0 aliphatic carbocycles. The monoisotopic (exact) mass is 374 g/mol. The Hall–Kier alpha value is -2.71. The molecule has 2 rings (SSSR count). The molecule has 3 amide bonds. The van der Waals surface area contributed by atoms with Gasteiger partial charge in [0.15, 0.2) is 0 Å². The quantitative estimate of drug-likeness (QED) is 0.513. The van der Waals surface area contributed by atoms with Gasteiger partial charge >= 0.3 is 0 Å². The van der Waals surface area contributed by atoms with Crippen LogP contribution in [0.5, 0.6) is 0 Å². The summed E-state index contributed by atoms with van der Waals surface area (Å²) < 4.78 is 0. The van der Waals surface area contributed by atoms with Crippen molar-refractivity contribution in [2.24, 2.45) is 0 Å². The number of aliphatic hydroxyl groups excluding tert-OH is 1. The second-order valence-corrected chi connectivity index (χ2v) is 6.06. The van der Waals surface area contributed by atoms with E-state index in [1.165, 1.54) is 6.08 Å². The number of nitrogens with zero attached hydrogens (tertiary/aromatic N) is 2. The minimum absolute atomic E-state index is 0.0358. The standard InChI is InChI=1S/C19H26N4O4/c1-3-22(4-2)10-9-20-18(26)14-5-7-15(8-6-14)21-16-13-17(25)23(11-12-24)19(16)27/h5-8,13,21,24H,3-4,9-12H2,1-2H3,(H,20,26). The highest BCUT2D eigenvalue weighted by atomic mass is 16.3. The van der Waals surface area contributed by atoms with E-state index >= 15 is 0 Å². The van der Waals surface area contributed by atoms with Gasteiger partial charge in [-0.3, -0.25) is 19.3 Å². The van der Waals surface area contributed by atoms with Gasteiger partial charge in [-0.2, -0.15) is 0 Å². The van der Waals surface area contributed by atoms with Crippen LogP contribution in [-0.4, -0.2) is 72.0 Å². The van der Waals surface area contributed by atoms with E-state index in [0.29, 0.717) is 17.8 Å². The number of aliphatic hydroxyl groups is 1. The summed E-state index contributed by atoms with van der Waals surface area (Å²) in [5.41, 5.74) is 1.25. The number of rotatable bonds is 10. The predicted molar refractivity (Wildman–Crippen MR) is 102 cm³/mol. The van der Waals surface area contributed by atoms with Gasteiger partial charge in [0, 0.05) is 30.4 Å². The third-order valence-electron chi connectivity index (χ3n) is 4.37. The molecule has 8 heteroatoms. The summed E-state index contributed by atoms with van der Waals surface area (Å²) in [6.07, 6.45) is 1.20. The Morgan fingerprint density at radius 1 is 1.15 bits per heavy atom. The molecular weight excluding hydrogens is 348 g/mol. The van der Waals surface area contributed by atoms with Gasteiger partial charge in [0.1, 0.15) is 5.70 Å². The SMILES string of the molecule is CCN(CC)CCNC(=O)c1ccc(NC2=CC(=O)N(CCO)C2=O)cc1. The highest BCUT2D eigenvalue weighted by Crippen LogP contribution is 2.17. The molecule has 0 atom stereocenters. The van der Waals surface area contributed by atoms with E-state index in [-0.39, 0.29) is 24.8 Å². The number of β-amino-alcohol motifs (C(OH)–C–C–N with tert-alkyl or cyclic N) is 1. The second kappa shape index (κ2) is 9.84. The smallest absolute Gasteiger partial charge is 0.277 e. The molecule has 0 aromatic heterocycles. The molecule has 0 spiro atoms. The lowest BCUT2D eigenvalue weighted by Crippen LogP contribution is -2.34. The van der Waals surface area contributed by atoms with Crippen molar-refractivity contribution in [1.29, 1.82) is 0 Å². The molecule has 27 heavy (non-hydrogen) atoms. The number of nitrogens with one attached hydrogen (secondary N) is 2. The molecule has 3 N–H and O–H groups in total. The van der Waals surface area contributed by atoms with Crippen LogP contribution in [0, 0.1) is 0 Å². The summed E-state index contributed by atoms with van der Waals surface area (Å²) in [6.45, 7) is 7.11. The number of hydrogen-bond acceptors (Lipinski definition) is 6. The number of amides is 3. The van der Waals surface area contributed by atoms with Crippen LogP contribution in [0.15, 0.2) is 36.0 Å². The van der Waals surface area contributed by atoms with Crippen LogP contribution in [0.25, 0.3) is 0 Å². The lowest BCUT2D eigenvalue weighted by Gasteiger charge is -2.18. The molecule has 1 aromatic rings. The fraction of sp³-hybridized carbons (Fsp3) is 0.421. The van der Waals surface area contributed by atoms with E-state index in [1.807, 2.05) is 0 Å². The normalized spacial score (nSPS) is 13.9. The predicted octanol–water partition coefficient (Wildman–Crippen LogP) is 0.415. The van der Waals surface area contributed by atoms with Gasteiger partial charge in [-0.15, -0.1) is 0 Å². The first kappa shape index (κ1) is 20.6. The molecule has 8 nitrogen and oxygen atoms in total. The highest BCUT2D eigenvalue weighted by molar-refractivity contribution is 6.17. The largest absolute Gasteiger partial charge is 0.395 e. The third kappa shape index (κ3) is 5.38. The molecule has 0 unspecified atom stereocenters. The Kier molecular flexibility index (Phi) is 7.51. The Labute approximate surface area is 158 Å². The first-order valence-corrected chi connectivity index (χ1v) is 9.06. The molecule has 0 bridgehead atoms. The molecule has 1 aromatic carbocycles. The van der Waals surface area contributed by atoms with Gasteiger partial charge in [0.25, 0.3) is 17.7 Å². The number of likely N-dealkylation sites (N-methyl/N-ethyl adjacent to an activating group) is 1. The van der Waals surface area contributed by atoms with Crippen molar-refractivity contribution < 1.29 is 19.5 Å². The molecular formula is C19H26N4O4. The third-order valence-corrected chi connectivity index (χ3v) is 4.37. The number of hydrogen-bond donors (Lipinski definition) is 3. The average molecular weight is 374 g/mol. The van der Waals surface area contributed by atoms with Crippen molar-refractivity contribution in [1.82, 2.24) is 15.1 Å². The molecule has 1 heterocycles. The van der Waals surface area contributed by atoms with Crippen LogP contribution >= 0.6 is 0 Å². The Morgan fingerprint density at radius 2 is 1.81 bits per heavy atom. The highest BCUT2D eigenvalue weighted by Gasteiger charge is 2.30. The molecule has 0 saturated heterocycles. The lowest BCUT2D eigenvalue weighted by molar-refractivity contribution is -0.137. The van der Waals surface area contributed by atoms with E-state index in [2.05, 4.69) is 29.4 Å². The molecule has 1 aliphatic heterocycles. The van der Waals surface area contributed by atoms with Crippen LogP contribution in [0.1, 0.15) is 24.2 Å².